The summed E-state index contributed by atoms with van der Waals surface area (Å²) < 4.78 is 38.6. The fourth-order valence-corrected chi connectivity index (χ4v) is 1.73. The molecule has 0 aliphatic carbocycles. The Hall–Kier alpha value is -2.44. The van der Waals surface area contributed by atoms with E-state index in [4.69, 9.17) is 0 Å². The minimum absolute atomic E-state index is 0.0399. The van der Waals surface area contributed by atoms with Gasteiger partial charge in [-0.25, -0.2) is 9.97 Å². The molecule has 0 bridgehead atoms. The van der Waals surface area contributed by atoms with Crippen molar-refractivity contribution in [3.8, 4) is 0 Å². The van der Waals surface area contributed by atoms with Crippen LogP contribution in [-0.2, 0) is 12.7 Å². The minimum atomic E-state index is -4.70. The van der Waals surface area contributed by atoms with Crippen LogP contribution >= 0.6 is 0 Å². The Balaban J connectivity index is 2.20. The smallest absolute Gasteiger partial charge is 0.348 e. The molecular formula is C14H12F3N3O. The Bertz CT molecular complexity index is 642. The predicted molar refractivity (Wildman–Crippen MR) is 69.4 cm³/mol. The maximum atomic E-state index is 12.9. The second-order valence-electron chi connectivity index (χ2n) is 4.35. The first-order valence-corrected chi connectivity index (χ1v) is 6.11. The summed E-state index contributed by atoms with van der Waals surface area (Å²) in [5.74, 6) is -0.895. The molecule has 0 aliphatic rings. The maximum Gasteiger partial charge on any atom is 0.434 e. The van der Waals surface area contributed by atoms with Crippen LogP contribution in [-0.4, -0.2) is 15.9 Å². The van der Waals surface area contributed by atoms with E-state index < -0.39 is 23.3 Å². The van der Waals surface area contributed by atoms with E-state index in [2.05, 4.69) is 15.3 Å². The monoisotopic (exact) mass is 295 g/mol. The van der Waals surface area contributed by atoms with Gasteiger partial charge in [-0.15, -0.1) is 0 Å². The topological polar surface area (TPSA) is 54.9 Å². The third-order valence-corrected chi connectivity index (χ3v) is 2.72. The van der Waals surface area contributed by atoms with Crippen LogP contribution in [0.2, 0.25) is 0 Å². The van der Waals surface area contributed by atoms with Crippen LogP contribution in [0.5, 0.6) is 0 Å². The molecule has 0 atom stereocenters. The van der Waals surface area contributed by atoms with Gasteiger partial charge in [-0.1, -0.05) is 30.3 Å². The van der Waals surface area contributed by atoms with Gasteiger partial charge in [0.2, 0.25) is 0 Å². The largest absolute Gasteiger partial charge is 0.434 e. The lowest BCUT2D eigenvalue weighted by Crippen LogP contribution is -2.27. The summed E-state index contributed by atoms with van der Waals surface area (Å²) in [6.07, 6.45) is -3.81. The number of benzene rings is 1. The van der Waals surface area contributed by atoms with Crippen LogP contribution in [0, 0.1) is 6.92 Å². The summed E-state index contributed by atoms with van der Waals surface area (Å²) in [6.45, 7) is 1.46. The average Bonchev–Trinajstić information content (AvgIpc) is 2.45. The van der Waals surface area contributed by atoms with Gasteiger partial charge in [0.05, 0.1) is 5.56 Å². The van der Waals surface area contributed by atoms with Crippen LogP contribution in [0.3, 0.4) is 0 Å². The highest BCUT2D eigenvalue weighted by atomic mass is 19.4. The number of nitrogens with zero attached hydrogens (tertiary/aromatic N) is 2. The molecule has 21 heavy (non-hydrogen) atoms. The van der Waals surface area contributed by atoms with Gasteiger partial charge in [0.15, 0.2) is 5.69 Å². The van der Waals surface area contributed by atoms with Crippen molar-refractivity contribution in [2.75, 3.05) is 0 Å². The number of hydrogen-bond acceptors (Lipinski definition) is 3. The zero-order chi connectivity index (χ0) is 15.5. The van der Waals surface area contributed by atoms with Crippen molar-refractivity contribution < 1.29 is 18.0 Å². The Labute approximate surface area is 119 Å². The molecule has 7 heteroatoms. The van der Waals surface area contributed by atoms with E-state index in [1.165, 1.54) is 6.92 Å². The Morgan fingerprint density at radius 2 is 1.90 bits per heavy atom. The predicted octanol–water partition coefficient (Wildman–Crippen LogP) is 2.73. The van der Waals surface area contributed by atoms with Gasteiger partial charge < -0.3 is 5.32 Å². The Morgan fingerprint density at radius 3 is 2.52 bits per heavy atom. The van der Waals surface area contributed by atoms with Gasteiger partial charge in [0, 0.05) is 12.7 Å². The second kappa shape index (κ2) is 5.90. The van der Waals surface area contributed by atoms with Crippen molar-refractivity contribution in [3.05, 3.63) is 59.2 Å². The summed E-state index contributed by atoms with van der Waals surface area (Å²) in [7, 11) is 0. The number of hydrogen-bond donors (Lipinski definition) is 1. The van der Waals surface area contributed by atoms with E-state index in [1.54, 1.807) is 30.3 Å². The van der Waals surface area contributed by atoms with Crippen LogP contribution in [0.15, 0.2) is 36.5 Å². The van der Waals surface area contributed by atoms with Crippen molar-refractivity contribution in [1.82, 2.24) is 15.3 Å². The molecule has 1 amide bonds. The molecule has 2 rings (SSSR count). The second-order valence-corrected chi connectivity index (χ2v) is 4.35. The van der Waals surface area contributed by atoms with Crippen LogP contribution < -0.4 is 5.32 Å². The molecule has 0 saturated heterocycles. The highest BCUT2D eigenvalue weighted by molar-refractivity contribution is 5.95. The zero-order valence-electron chi connectivity index (χ0n) is 11.1. The molecule has 0 unspecified atom stereocenters. The molecule has 2 aromatic rings. The summed E-state index contributed by atoms with van der Waals surface area (Å²) in [6, 6.07) is 8.88. The van der Waals surface area contributed by atoms with Gasteiger partial charge in [0.25, 0.3) is 5.91 Å². The SMILES string of the molecule is Cc1ncc(C(=O)NCc2ccccc2)c(C(F)(F)F)n1. The van der Waals surface area contributed by atoms with Crippen LogP contribution in [0.1, 0.15) is 27.4 Å². The molecular weight excluding hydrogens is 283 g/mol. The number of alkyl halides is 3. The average molecular weight is 295 g/mol. The van der Waals surface area contributed by atoms with Crippen molar-refractivity contribution in [2.45, 2.75) is 19.6 Å². The van der Waals surface area contributed by atoms with E-state index in [1.807, 2.05) is 0 Å². The fourth-order valence-electron chi connectivity index (χ4n) is 1.73. The third-order valence-electron chi connectivity index (χ3n) is 2.72. The first-order chi connectivity index (χ1) is 9.88. The van der Waals surface area contributed by atoms with Gasteiger partial charge in [-0.3, -0.25) is 4.79 Å². The van der Waals surface area contributed by atoms with E-state index in [9.17, 15) is 18.0 Å². The number of rotatable bonds is 3. The zero-order valence-corrected chi connectivity index (χ0v) is 11.1. The van der Waals surface area contributed by atoms with Gasteiger partial charge in [0.1, 0.15) is 5.82 Å². The van der Waals surface area contributed by atoms with E-state index >= 15 is 0 Å². The van der Waals surface area contributed by atoms with Gasteiger partial charge in [-0.2, -0.15) is 13.2 Å². The summed E-state index contributed by atoms with van der Waals surface area (Å²) in [5, 5.41) is 2.43. The molecule has 4 nitrogen and oxygen atoms in total. The number of carbonyl (C=O) groups is 1. The number of halogens is 3. The van der Waals surface area contributed by atoms with Crippen molar-refractivity contribution in [1.29, 1.82) is 0 Å². The molecule has 0 saturated carbocycles. The molecule has 0 fully saturated rings. The maximum absolute atomic E-state index is 12.9. The molecule has 0 spiro atoms. The quantitative estimate of drug-likeness (QED) is 0.947. The highest BCUT2D eigenvalue weighted by Crippen LogP contribution is 2.30. The van der Waals surface area contributed by atoms with E-state index in [-0.39, 0.29) is 12.4 Å². The molecule has 1 N–H and O–H groups in total. The van der Waals surface area contributed by atoms with Crippen LogP contribution in [0.25, 0.3) is 0 Å². The molecule has 1 heterocycles. The minimum Gasteiger partial charge on any atom is -0.348 e. The third kappa shape index (κ3) is 3.77. The molecule has 0 aliphatic heterocycles. The first kappa shape index (κ1) is 15.0. The van der Waals surface area contributed by atoms with Gasteiger partial charge >= 0.3 is 6.18 Å². The molecule has 0 radical (unpaired) electrons. The first-order valence-electron chi connectivity index (χ1n) is 6.11. The number of aromatic nitrogens is 2. The lowest BCUT2D eigenvalue weighted by atomic mass is 10.2. The van der Waals surface area contributed by atoms with Crippen molar-refractivity contribution >= 4 is 5.91 Å². The standard InChI is InChI=1S/C14H12F3N3O/c1-9-18-8-11(12(20-9)14(15,16)17)13(21)19-7-10-5-3-2-4-6-10/h2-6,8H,7H2,1H3,(H,19,21). The van der Waals surface area contributed by atoms with E-state index in [0.717, 1.165) is 11.8 Å². The number of nitrogens with one attached hydrogen (secondary N) is 1. The number of carbonyl (C=O) groups excluding carboxylic acids is 1. The lowest BCUT2D eigenvalue weighted by Gasteiger charge is -2.12. The fraction of sp³-hybridized carbons (Fsp3) is 0.214. The summed E-state index contributed by atoms with van der Waals surface area (Å²) in [4.78, 5) is 18.9. The van der Waals surface area contributed by atoms with E-state index in [0.29, 0.717) is 0 Å². The molecule has 1 aromatic carbocycles. The summed E-state index contributed by atoms with van der Waals surface area (Å²) in [5.41, 5.74) is -1.02. The molecule has 110 valence electrons. The number of amides is 1. The van der Waals surface area contributed by atoms with Crippen molar-refractivity contribution in [3.63, 3.8) is 0 Å². The summed E-state index contributed by atoms with van der Waals surface area (Å²) >= 11 is 0. The van der Waals surface area contributed by atoms with Crippen molar-refractivity contribution in [2.24, 2.45) is 0 Å². The van der Waals surface area contributed by atoms with Crippen LogP contribution in [0.4, 0.5) is 13.2 Å². The number of aryl methyl sites for hydroxylation is 1. The Morgan fingerprint density at radius 1 is 1.24 bits per heavy atom. The lowest BCUT2D eigenvalue weighted by molar-refractivity contribution is -0.141. The highest BCUT2D eigenvalue weighted by Gasteiger charge is 2.37. The van der Waals surface area contributed by atoms with Gasteiger partial charge in [-0.05, 0) is 12.5 Å². The molecule has 1 aromatic heterocycles. The normalized spacial score (nSPS) is 11.2. The Kier molecular flexibility index (Phi) is 4.21.